The van der Waals surface area contributed by atoms with Crippen molar-refractivity contribution >= 4 is 36.9 Å². The van der Waals surface area contributed by atoms with Gasteiger partial charge in [0.25, 0.3) is 0 Å². The average Bonchev–Trinajstić information content (AvgIpc) is 2.88. The van der Waals surface area contributed by atoms with Gasteiger partial charge in [-0.1, -0.05) is 156 Å². The minimum Gasteiger partial charge on any atom is -0.116 e. The summed E-state index contributed by atoms with van der Waals surface area (Å²) in [4.78, 5) is 0. The zero-order valence-corrected chi connectivity index (χ0v) is 20.7. The molecule has 4 rings (SSSR count). The summed E-state index contributed by atoms with van der Waals surface area (Å²) >= 11 is 0. The molecule has 4 aromatic rings. The highest BCUT2D eigenvalue weighted by Gasteiger charge is 2.30. The fourth-order valence-corrected chi connectivity index (χ4v) is 9.79. The summed E-state index contributed by atoms with van der Waals surface area (Å²) in [5.74, 6) is 3.48. The Morgan fingerprint density at radius 2 is 0.844 bits per heavy atom. The maximum Gasteiger partial charge on any atom is 0.196 e. The van der Waals surface area contributed by atoms with E-state index in [1.165, 1.54) is 20.7 Å². The van der Waals surface area contributed by atoms with Gasteiger partial charge in [0.2, 0.25) is 0 Å². The summed E-state index contributed by atoms with van der Waals surface area (Å²) in [6, 6.07) is 43.3. The molecule has 0 fully saturated rings. The van der Waals surface area contributed by atoms with Crippen molar-refractivity contribution in [2.75, 3.05) is 0 Å². The normalized spacial score (nSPS) is 11.7. The summed E-state index contributed by atoms with van der Waals surface area (Å²) in [6.45, 7) is 4.75. The van der Waals surface area contributed by atoms with Crippen LogP contribution in [-0.4, -0.2) is 16.1 Å². The molecule has 0 heterocycles. The zero-order chi connectivity index (χ0) is 22.3. The van der Waals surface area contributed by atoms with Gasteiger partial charge >= 0.3 is 0 Å². The van der Waals surface area contributed by atoms with Crippen LogP contribution in [0, 0.1) is 11.5 Å². The Balaban J connectivity index is 1.75. The van der Waals surface area contributed by atoms with Crippen LogP contribution in [0.4, 0.5) is 0 Å². The van der Waals surface area contributed by atoms with Crippen LogP contribution in [0.3, 0.4) is 0 Å². The molecule has 0 saturated heterocycles. The maximum atomic E-state index is 3.73. The molecule has 0 spiro atoms. The molecule has 0 saturated carbocycles. The molecule has 0 aliphatic heterocycles. The van der Waals surface area contributed by atoms with Gasteiger partial charge in [-0.25, -0.2) is 0 Å². The first-order valence-corrected chi connectivity index (χ1v) is 16.1. The number of hydrogen-bond acceptors (Lipinski definition) is 0. The number of hydrogen-bond donors (Lipinski definition) is 0. The Morgan fingerprint density at radius 3 is 1.22 bits per heavy atom. The Labute approximate surface area is 194 Å². The fourth-order valence-electron chi connectivity index (χ4n) is 4.18. The van der Waals surface area contributed by atoms with Crippen molar-refractivity contribution in [3.05, 3.63) is 133 Å². The molecule has 0 radical (unpaired) electrons. The first-order chi connectivity index (χ1) is 15.6. The van der Waals surface area contributed by atoms with Gasteiger partial charge in [0.05, 0.1) is 0 Å². The lowest BCUT2D eigenvalue weighted by atomic mass is 10.4. The lowest BCUT2D eigenvalue weighted by Gasteiger charge is -2.25. The number of benzene rings is 4. The van der Waals surface area contributed by atoms with Crippen molar-refractivity contribution in [2.45, 2.75) is 13.1 Å². The smallest absolute Gasteiger partial charge is 0.116 e. The Kier molecular flexibility index (Phi) is 6.70. The van der Waals surface area contributed by atoms with Crippen LogP contribution in [0.5, 0.6) is 0 Å². The predicted octanol–water partition coefficient (Wildman–Crippen LogP) is 4.41. The summed E-state index contributed by atoms with van der Waals surface area (Å²) in [7, 11) is -4.18. The molecule has 0 aliphatic carbocycles. The SMILES string of the molecule is C[Si](C#C/C=C/[Si](C)(c1ccccc1)c1ccccc1)(c1ccccc1)c1ccccc1. The van der Waals surface area contributed by atoms with Crippen LogP contribution in [0.15, 0.2) is 133 Å². The molecule has 0 amide bonds. The summed E-state index contributed by atoms with van der Waals surface area (Å²) < 4.78 is 0. The highest BCUT2D eigenvalue weighted by Crippen LogP contribution is 2.08. The Morgan fingerprint density at radius 1 is 0.500 bits per heavy atom. The van der Waals surface area contributed by atoms with E-state index in [1.807, 2.05) is 0 Å². The largest absolute Gasteiger partial charge is 0.196 e. The summed E-state index contributed by atoms with van der Waals surface area (Å²) in [5.41, 5.74) is 6.11. The second kappa shape index (κ2) is 9.83. The molecule has 0 unspecified atom stereocenters. The molecule has 0 bridgehead atoms. The van der Waals surface area contributed by atoms with Gasteiger partial charge in [-0.15, -0.1) is 5.54 Å². The lowest BCUT2D eigenvalue weighted by Crippen LogP contribution is -2.55. The third kappa shape index (κ3) is 4.60. The van der Waals surface area contributed by atoms with Crippen LogP contribution in [0.1, 0.15) is 0 Å². The van der Waals surface area contributed by atoms with E-state index in [1.54, 1.807) is 0 Å². The topological polar surface area (TPSA) is 0 Å². The van der Waals surface area contributed by atoms with E-state index >= 15 is 0 Å². The quantitative estimate of drug-likeness (QED) is 0.316. The van der Waals surface area contributed by atoms with E-state index in [4.69, 9.17) is 0 Å². The minimum absolute atomic E-state index is 1.35. The Bertz CT molecular complexity index is 1140. The second-order valence-electron chi connectivity index (χ2n) is 8.39. The van der Waals surface area contributed by atoms with Crippen molar-refractivity contribution in [3.63, 3.8) is 0 Å². The van der Waals surface area contributed by atoms with Gasteiger partial charge < -0.3 is 0 Å². The number of rotatable bonds is 5. The zero-order valence-electron chi connectivity index (χ0n) is 18.7. The highest BCUT2D eigenvalue weighted by molar-refractivity contribution is 7.07. The van der Waals surface area contributed by atoms with Gasteiger partial charge in [0.1, 0.15) is 8.07 Å². The standard InChI is InChI=1S/C30H28Si2/c1-31(27-17-7-3-8-18-27,28-19-9-4-10-20-28)25-15-16-26-32(2,29-21-11-5-12-22-29)30-23-13-6-14-24-30/h3-15,17-25H,1-2H3/b25-15+. The van der Waals surface area contributed by atoms with Crippen molar-refractivity contribution < 1.29 is 0 Å². The third-order valence-electron chi connectivity index (χ3n) is 6.27. The first kappa shape index (κ1) is 21.8. The van der Waals surface area contributed by atoms with Gasteiger partial charge in [0.15, 0.2) is 8.07 Å². The van der Waals surface area contributed by atoms with Crippen LogP contribution in [0.25, 0.3) is 0 Å². The van der Waals surface area contributed by atoms with E-state index in [2.05, 4.69) is 158 Å². The molecule has 32 heavy (non-hydrogen) atoms. The van der Waals surface area contributed by atoms with Crippen molar-refractivity contribution in [1.82, 2.24) is 0 Å². The fraction of sp³-hybridized carbons (Fsp3) is 0.0667. The van der Waals surface area contributed by atoms with E-state index in [-0.39, 0.29) is 0 Å². The molecular weight excluding hydrogens is 417 g/mol. The second-order valence-corrected chi connectivity index (χ2v) is 15.9. The van der Waals surface area contributed by atoms with E-state index in [9.17, 15) is 0 Å². The minimum atomic E-state index is -2.15. The molecule has 0 N–H and O–H groups in total. The van der Waals surface area contributed by atoms with E-state index < -0.39 is 16.1 Å². The van der Waals surface area contributed by atoms with Crippen LogP contribution >= 0.6 is 0 Å². The summed E-state index contributed by atoms with van der Waals surface area (Å²) in [6.07, 6.45) is 2.11. The maximum absolute atomic E-state index is 3.73. The van der Waals surface area contributed by atoms with E-state index in [0.717, 1.165) is 0 Å². The van der Waals surface area contributed by atoms with Crippen molar-refractivity contribution in [3.8, 4) is 11.5 Å². The molecule has 0 nitrogen and oxygen atoms in total. The molecule has 4 aromatic carbocycles. The average molecular weight is 445 g/mol. The van der Waals surface area contributed by atoms with Crippen LogP contribution in [-0.2, 0) is 0 Å². The van der Waals surface area contributed by atoms with Gasteiger partial charge in [0, 0.05) is 0 Å². The molecule has 0 aliphatic rings. The van der Waals surface area contributed by atoms with Crippen LogP contribution < -0.4 is 20.7 Å². The van der Waals surface area contributed by atoms with Gasteiger partial charge in [-0.2, -0.15) is 0 Å². The Hall–Kier alpha value is -3.39. The molecule has 0 aromatic heterocycles. The molecular formula is C30H28Si2. The lowest BCUT2D eigenvalue weighted by molar-refractivity contribution is 1.69. The van der Waals surface area contributed by atoms with Crippen molar-refractivity contribution in [2.24, 2.45) is 0 Å². The molecule has 0 atom stereocenters. The highest BCUT2D eigenvalue weighted by atomic mass is 28.3. The summed E-state index contributed by atoms with van der Waals surface area (Å²) in [5, 5.41) is 5.49. The van der Waals surface area contributed by atoms with Crippen molar-refractivity contribution in [1.29, 1.82) is 0 Å². The van der Waals surface area contributed by atoms with Gasteiger partial charge in [-0.3, -0.25) is 0 Å². The third-order valence-corrected chi connectivity index (χ3v) is 13.8. The predicted molar refractivity (Wildman–Crippen MR) is 144 cm³/mol. The first-order valence-electron chi connectivity index (χ1n) is 11.1. The number of allylic oxidation sites excluding steroid dienone is 1. The molecule has 156 valence electrons. The van der Waals surface area contributed by atoms with Crippen LogP contribution in [0.2, 0.25) is 13.1 Å². The monoisotopic (exact) mass is 444 g/mol. The van der Waals surface area contributed by atoms with E-state index in [0.29, 0.717) is 0 Å². The molecule has 2 heteroatoms. The van der Waals surface area contributed by atoms with Gasteiger partial charge in [-0.05, 0) is 16.4 Å².